The molecule has 4 amide bonds. The van der Waals surface area contributed by atoms with Gasteiger partial charge in [-0.15, -0.1) is 0 Å². The lowest BCUT2D eigenvalue weighted by atomic mass is 10.0. The fraction of sp³-hybridized carbons (Fsp3) is 0.310. The number of amides is 4. The zero-order valence-corrected chi connectivity index (χ0v) is 22.3. The Morgan fingerprint density at radius 2 is 1.55 bits per heavy atom. The molecule has 2 aromatic carbocycles. The number of hydrogen-bond acceptors (Lipinski definition) is 6. The first-order chi connectivity index (χ1) is 19.2. The molecule has 1 aliphatic heterocycles. The van der Waals surface area contributed by atoms with Gasteiger partial charge in [-0.1, -0.05) is 0 Å². The highest BCUT2D eigenvalue weighted by atomic mass is 19.1. The van der Waals surface area contributed by atoms with E-state index in [0.717, 1.165) is 6.42 Å². The van der Waals surface area contributed by atoms with Gasteiger partial charge in [0.1, 0.15) is 28.5 Å². The van der Waals surface area contributed by atoms with Crippen molar-refractivity contribution in [2.75, 3.05) is 43.1 Å². The summed E-state index contributed by atoms with van der Waals surface area (Å²) < 4.78 is 19.0. The molecule has 0 radical (unpaired) electrons. The monoisotopic (exact) mass is 546 g/mol. The van der Waals surface area contributed by atoms with Crippen molar-refractivity contribution in [1.82, 2.24) is 14.8 Å². The second-order valence-electron chi connectivity index (χ2n) is 10.3. The molecule has 1 aliphatic carbocycles. The minimum absolute atomic E-state index is 0.200. The lowest BCUT2D eigenvalue weighted by Crippen LogP contribution is -2.36. The number of likely N-dealkylation sites (tertiary alicyclic amines) is 1. The molecule has 2 fully saturated rings. The van der Waals surface area contributed by atoms with E-state index >= 15 is 0 Å². The van der Waals surface area contributed by atoms with Gasteiger partial charge >= 0.3 is 6.03 Å². The molecule has 3 aromatic rings. The Hall–Kier alpha value is -4.51. The summed E-state index contributed by atoms with van der Waals surface area (Å²) in [6, 6.07) is 15.6. The summed E-state index contributed by atoms with van der Waals surface area (Å²) in [6.45, 7) is 1.35. The van der Waals surface area contributed by atoms with Crippen molar-refractivity contribution in [3.63, 3.8) is 0 Å². The van der Waals surface area contributed by atoms with Crippen LogP contribution >= 0.6 is 0 Å². The fourth-order valence-corrected chi connectivity index (χ4v) is 4.54. The van der Waals surface area contributed by atoms with Gasteiger partial charge in [0, 0.05) is 42.8 Å². The van der Waals surface area contributed by atoms with Crippen LogP contribution in [0.3, 0.4) is 0 Å². The SMILES string of the molecule is CN(C)[C@H]1CCN(C(=O)Nc2cc(Oc3ccc(NC(=O)C4(C(=O)Nc5ccc(F)cc5)CC4)cc3)ccn2)C1. The van der Waals surface area contributed by atoms with Crippen molar-refractivity contribution in [3.8, 4) is 11.5 Å². The molecule has 0 bridgehead atoms. The molecule has 208 valence electrons. The van der Waals surface area contributed by atoms with E-state index in [0.29, 0.717) is 60.7 Å². The average Bonchev–Trinajstić information content (AvgIpc) is 3.60. The third-order valence-corrected chi connectivity index (χ3v) is 7.22. The summed E-state index contributed by atoms with van der Waals surface area (Å²) in [4.78, 5) is 46.4. The highest BCUT2D eigenvalue weighted by Gasteiger charge is 2.56. The third kappa shape index (κ3) is 6.20. The summed E-state index contributed by atoms with van der Waals surface area (Å²) in [5, 5.41) is 8.32. The molecular weight excluding hydrogens is 515 g/mol. The van der Waals surface area contributed by atoms with Crippen LogP contribution in [-0.2, 0) is 9.59 Å². The molecule has 0 unspecified atom stereocenters. The Balaban J connectivity index is 1.15. The molecule has 5 rings (SSSR count). The summed E-state index contributed by atoms with van der Waals surface area (Å²) in [6.07, 6.45) is 3.35. The lowest BCUT2D eigenvalue weighted by Gasteiger charge is -2.20. The Morgan fingerprint density at radius 1 is 0.925 bits per heavy atom. The molecular formula is C29H31FN6O4. The molecule has 1 saturated heterocycles. The fourth-order valence-electron chi connectivity index (χ4n) is 4.54. The Bertz CT molecular complexity index is 1390. The Morgan fingerprint density at radius 3 is 2.12 bits per heavy atom. The molecule has 0 spiro atoms. The van der Waals surface area contributed by atoms with E-state index < -0.39 is 23.0 Å². The standard InChI is InChI=1S/C29H31FN6O4/c1-35(2)22-12-16-36(18-22)28(39)34-25-17-24(11-15-31-25)40-23-9-7-21(8-10-23)33-27(38)29(13-14-29)26(37)32-20-5-3-19(30)4-6-20/h3-11,15,17,22H,12-14,16,18H2,1-2H3,(H,32,37)(H,33,38)(H,31,34,39)/t22-/m0/s1. The number of nitrogens with zero attached hydrogens (tertiary/aromatic N) is 3. The van der Waals surface area contributed by atoms with Gasteiger partial charge in [0.15, 0.2) is 0 Å². The molecule has 11 heteroatoms. The second-order valence-corrected chi connectivity index (χ2v) is 10.3. The number of carbonyl (C=O) groups is 3. The minimum atomic E-state index is -1.15. The predicted octanol–water partition coefficient (Wildman–Crippen LogP) is 4.54. The number of hydrogen-bond donors (Lipinski definition) is 3. The van der Waals surface area contributed by atoms with Crippen LogP contribution in [-0.4, -0.2) is 65.9 Å². The molecule has 2 aliphatic rings. The Kier molecular flexibility index (Phi) is 7.65. The number of urea groups is 1. The van der Waals surface area contributed by atoms with Gasteiger partial charge in [-0.05, 0) is 88.0 Å². The maximum atomic E-state index is 13.1. The van der Waals surface area contributed by atoms with Crippen molar-refractivity contribution in [2.45, 2.75) is 25.3 Å². The number of pyridine rings is 1. The number of anilines is 3. The highest BCUT2D eigenvalue weighted by Crippen LogP contribution is 2.47. The normalized spacial score (nSPS) is 17.3. The van der Waals surface area contributed by atoms with Gasteiger partial charge in [0.25, 0.3) is 0 Å². The number of aromatic nitrogens is 1. The van der Waals surface area contributed by atoms with Crippen LogP contribution in [0.1, 0.15) is 19.3 Å². The summed E-state index contributed by atoms with van der Waals surface area (Å²) in [7, 11) is 4.02. The largest absolute Gasteiger partial charge is 0.457 e. The van der Waals surface area contributed by atoms with Crippen molar-refractivity contribution in [1.29, 1.82) is 0 Å². The maximum Gasteiger partial charge on any atom is 0.323 e. The zero-order valence-electron chi connectivity index (χ0n) is 22.3. The van der Waals surface area contributed by atoms with Gasteiger partial charge in [-0.2, -0.15) is 0 Å². The highest BCUT2D eigenvalue weighted by molar-refractivity contribution is 6.16. The number of likely N-dealkylation sites (N-methyl/N-ethyl adjacent to an activating group) is 1. The number of halogens is 1. The van der Waals surface area contributed by atoms with Crippen LogP contribution in [0.15, 0.2) is 66.9 Å². The number of rotatable bonds is 8. The van der Waals surface area contributed by atoms with Gasteiger partial charge in [0.2, 0.25) is 11.8 Å². The number of benzene rings is 2. The van der Waals surface area contributed by atoms with Crippen LogP contribution in [0.5, 0.6) is 11.5 Å². The molecule has 2 heterocycles. The minimum Gasteiger partial charge on any atom is -0.457 e. The first kappa shape index (κ1) is 27.1. The van der Waals surface area contributed by atoms with Crippen LogP contribution < -0.4 is 20.7 Å². The second kappa shape index (κ2) is 11.3. The lowest BCUT2D eigenvalue weighted by molar-refractivity contribution is -0.131. The van der Waals surface area contributed by atoms with Crippen LogP contribution in [0.4, 0.5) is 26.4 Å². The Labute approximate surface area is 231 Å². The van der Waals surface area contributed by atoms with Crippen LogP contribution in [0.2, 0.25) is 0 Å². The van der Waals surface area contributed by atoms with Crippen molar-refractivity contribution >= 4 is 35.0 Å². The molecule has 3 N–H and O–H groups in total. The van der Waals surface area contributed by atoms with Crippen molar-refractivity contribution < 1.29 is 23.5 Å². The molecule has 1 saturated carbocycles. The molecule has 1 atom stereocenters. The number of nitrogens with one attached hydrogen (secondary N) is 3. The van der Waals surface area contributed by atoms with E-state index in [-0.39, 0.29) is 6.03 Å². The van der Waals surface area contributed by atoms with Crippen molar-refractivity contribution in [3.05, 3.63) is 72.7 Å². The first-order valence-electron chi connectivity index (χ1n) is 13.1. The summed E-state index contributed by atoms with van der Waals surface area (Å²) in [5.41, 5.74) is -0.202. The first-order valence-corrected chi connectivity index (χ1v) is 13.1. The van der Waals surface area contributed by atoms with E-state index in [1.165, 1.54) is 24.3 Å². The maximum absolute atomic E-state index is 13.1. The average molecular weight is 547 g/mol. The van der Waals surface area contributed by atoms with Crippen LogP contribution in [0, 0.1) is 11.2 Å². The quantitative estimate of drug-likeness (QED) is 0.358. The third-order valence-electron chi connectivity index (χ3n) is 7.22. The zero-order chi connectivity index (χ0) is 28.3. The molecule has 1 aromatic heterocycles. The summed E-state index contributed by atoms with van der Waals surface area (Å²) in [5.74, 6) is 0.170. The van der Waals surface area contributed by atoms with Crippen LogP contribution in [0.25, 0.3) is 0 Å². The summed E-state index contributed by atoms with van der Waals surface area (Å²) >= 11 is 0. The number of carbonyl (C=O) groups excluding carboxylic acids is 3. The predicted molar refractivity (Wildman–Crippen MR) is 149 cm³/mol. The van der Waals surface area contributed by atoms with Gasteiger partial charge in [-0.25, -0.2) is 14.2 Å². The topological polar surface area (TPSA) is 116 Å². The molecule has 40 heavy (non-hydrogen) atoms. The smallest absolute Gasteiger partial charge is 0.323 e. The van der Waals surface area contributed by atoms with Gasteiger partial charge < -0.3 is 25.2 Å². The van der Waals surface area contributed by atoms with E-state index in [1.807, 2.05) is 14.1 Å². The van der Waals surface area contributed by atoms with Gasteiger partial charge in [-0.3, -0.25) is 14.9 Å². The van der Waals surface area contributed by atoms with E-state index in [1.54, 1.807) is 47.5 Å². The van der Waals surface area contributed by atoms with Gasteiger partial charge in [0.05, 0.1) is 0 Å². The number of ether oxygens (including phenoxy) is 1. The molecule has 10 nitrogen and oxygen atoms in total. The van der Waals surface area contributed by atoms with E-state index in [2.05, 4.69) is 25.8 Å². The van der Waals surface area contributed by atoms with E-state index in [4.69, 9.17) is 4.74 Å². The van der Waals surface area contributed by atoms with Crippen molar-refractivity contribution in [2.24, 2.45) is 5.41 Å². The van der Waals surface area contributed by atoms with E-state index in [9.17, 15) is 18.8 Å².